The molecule has 0 aromatic rings. The van der Waals surface area contributed by atoms with Crippen molar-refractivity contribution in [1.29, 1.82) is 0 Å². The molecule has 1 saturated carbocycles. The Balaban J connectivity index is 3.03. The average Bonchev–Trinajstić information content (AvgIpc) is 3.18. The average molecular weight is 441 g/mol. The topological polar surface area (TPSA) is 114 Å². The molecule has 2 amide bonds. The van der Waals surface area contributed by atoms with E-state index in [0.29, 0.717) is 6.42 Å². The van der Waals surface area contributed by atoms with Crippen LogP contribution in [0.4, 0.5) is 0 Å². The molecule has 0 bridgehead atoms. The second kappa shape index (κ2) is 12.8. The fourth-order valence-corrected chi connectivity index (χ4v) is 3.71. The van der Waals surface area contributed by atoms with E-state index >= 15 is 0 Å². The lowest BCUT2D eigenvalue weighted by Gasteiger charge is -2.29. The van der Waals surface area contributed by atoms with Crippen LogP contribution in [0.1, 0.15) is 73.1 Å². The van der Waals surface area contributed by atoms with Crippen LogP contribution in [0.5, 0.6) is 0 Å². The highest BCUT2D eigenvalue weighted by molar-refractivity contribution is 5.90. The number of carbonyl (C=O) groups excluding carboxylic acids is 3. The van der Waals surface area contributed by atoms with Gasteiger partial charge >= 0.3 is 5.97 Å². The van der Waals surface area contributed by atoms with E-state index in [9.17, 15) is 14.4 Å². The van der Waals surface area contributed by atoms with E-state index in [1.165, 1.54) is 6.08 Å². The normalized spacial score (nSPS) is 17.6. The first-order valence-electron chi connectivity index (χ1n) is 11.2. The lowest BCUT2D eigenvalue weighted by Crippen LogP contribution is -2.51. The minimum atomic E-state index is -0.983. The molecule has 0 heterocycles. The Kier molecular flexibility index (Phi) is 11.2. The first kappa shape index (κ1) is 27.1. The number of esters is 1. The van der Waals surface area contributed by atoms with Crippen molar-refractivity contribution in [3.05, 3.63) is 12.7 Å². The zero-order chi connectivity index (χ0) is 23.6. The van der Waals surface area contributed by atoms with Crippen LogP contribution in [-0.2, 0) is 23.9 Å². The van der Waals surface area contributed by atoms with Gasteiger partial charge in [0.2, 0.25) is 11.8 Å². The van der Waals surface area contributed by atoms with Gasteiger partial charge in [-0.3, -0.25) is 14.8 Å². The lowest BCUT2D eigenvalue weighted by molar-refractivity contribution is -0.157. The van der Waals surface area contributed by atoms with Crippen LogP contribution in [0.3, 0.4) is 0 Å². The molecule has 1 fully saturated rings. The molecule has 0 unspecified atom stereocenters. The maximum Gasteiger partial charge on any atom is 0.331 e. The van der Waals surface area contributed by atoms with Crippen LogP contribution >= 0.6 is 0 Å². The molecule has 1 aliphatic rings. The summed E-state index contributed by atoms with van der Waals surface area (Å²) in [5.74, 6) is -3.07. The summed E-state index contributed by atoms with van der Waals surface area (Å²) >= 11 is 0. The summed E-state index contributed by atoms with van der Waals surface area (Å²) in [5.41, 5.74) is 1.14. The van der Waals surface area contributed by atoms with E-state index < -0.39 is 41.3 Å². The van der Waals surface area contributed by atoms with E-state index in [-0.39, 0.29) is 25.0 Å². The highest BCUT2D eigenvalue weighted by atomic mass is 16.6. The molecule has 1 aliphatic carbocycles. The van der Waals surface area contributed by atoms with Crippen molar-refractivity contribution in [2.24, 2.45) is 17.8 Å². The minimum absolute atomic E-state index is 0.0342. The van der Waals surface area contributed by atoms with Crippen LogP contribution in [0, 0.1) is 17.8 Å². The monoisotopic (exact) mass is 440 g/mol. The molecule has 8 heteroatoms. The first-order valence-corrected chi connectivity index (χ1v) is 11.2. The zero-order valence-corrected chi connectivity index (χ0v) is 19.6. The van der Waals surface area contributed by atoms with Crippen LogP contribution < -0.4 is 10.8 Å². The molecule has 31 heavy (non-hydrogen) atoms. The Hall–Kier alpha value is -1.93. The van der Waals surface area contributed by atoms with E-state index in [1.54, 1.807) is 5.48 Å². The standard InChI is InChI=1S/C23H40N2O6/c1-7-10-17(21(27)25-29)18(13-15(2)3)20(26)24-19(14-30-23(4,5)6)22(28)31-16-11-8-9-12-16/h7,15-19,29H,1,8-14H2,2-6H3,(H,24,26)(H,25,27)/t17-,18+,19-/m0/s1. The van der Waals surface area contributed by atoms with E-state index in [0.717, 1.165) is 25.7 Å². The summed E-state index contributed by atoms with van der Waals surface area (Å²) in [6.45, 7) is 13.1. The molecule has 0 saturated heterocycles. The molecular weight excluding hydrogens is 400 g/mol. The maximum absolute atomic E-state index is 13.2. The molecule has 0 spiro atoms. The fraction of sp³-hybridized carbons (Fsp3) is 0.783. The van der Waals surface area contributed by atoms with Crippen LogP contribution in [0.25, 0.3) is 0 Å². The van der Waals surface area contributed by atoms with Gasteiger partial charge in [0, 0.05) is 0 Å². The molecule has 178 valence electrons. The van der Waals surface area contributed by atoms with Crippen molar-refractivity contribution >= 4 is 17.8 Å². The molecule has 3 atom stereocenters. The fourth-order valence-electron chi connectivity index (χ4n) is 3.71. The molecule has 0 aromatic heterocycles. The summed E-state index contributed by atoms with van der Waals surface area (Å²) in [7, 11) is 0. The summed E-state index contributed by atoms with van der Waals surface area (Å²) in [5, 5.41) is 11.9. The number of hydrogen-bond donors (Lipinski definition) is 3. The number of ether oxygens (including phenoxy) is 2. The van der Waals surface area contributed by atoms with Gasteiger partial charge in [-0.1, -0.05) is 19.9 Å². The van der Waals surface area contributed by atoms with Gasteiger partial charge in [0.05, 0.1) is 24.0 Å². The van der Waals surface area contributed by atoms with E-state index in [1.807, 2.05) is 34.6 Å². The van der Waals surface area contributed by atoms with Crippen molar-refractivity contribution in [3.63, 3.8) is 0 Å². The zero-order valence-electron chi connectivity index (χ0n) is 19.6. The number of nitrogens with one attached hydrogen (secondary N) is 2. The largest absolute Gasteiger partial charge is 0.461 e. The number of amides is 2. The predicted molar refractivity (Wildman–Crippen MR) is 117 cm³/mol. The second-order valence-electron chi connectivity index (χ2n) is 9.67. The number of hydrogen-bond acceptors (Lipinski definition) is 6. The van der Waals surface area contributed by atoms with Gasteiger partial charge in [-0.05, 0) is 65.2 Å². The van der Waals surface area contributed by atoms with Crippen molar-refractivity contribution in [2.75, 3.05) is 6.61 Å². The first-order chi connectivity index (χ1) is 14.5. The van der Waals surface area contributed by atoms with Crippen molar-refractivity contribution in [2.45, 2.75) is 90.9 Å². The third-order valence-electron chi connectivity index (χ3n) is 5.28. The van der Waals surface area contributed by atoms with Gasteiger partial charge in [0.15, 0.2) is 6.04 Å². The Bertz CT molecular complexity index is 608. The molecule has 0 aliphatic heterocycles. The summed E-state index contributed by atoms with van der Waals surface area (Å²) in [6, 6.07) is -0.983. The SMILES string of the molecule is C=CC[C@H](C(=O)NO)[C@@H](CC(C)C)C(=O)N[C@@H](COC(C)(C)C)C(=O)OC1CCCC1. The van der Waals surface area contributed by atoms with Crippen molar-refractivity contribution in [1.82, 2.24) is 10.8 Å². The Morgan fingerprint density at radius 3 is 2.23 bits per heavy atom. The smallest absolute Gasteiger partial charge is 0.331 e. The van der Waals surface area contributed by atoms with E-state index in [4.69, 9.17) is 14.7 Å². The number of rotatable bonds is 12. The van der Waals surface area contributed by atoms with Crippen LogP contribution in [0.15, 0.2) is 12.7 Å². The Labute approximate surface area is 186 Å². The molecule has 0 aromatic carbocycles. The maximum atomic E-state index is 13.2. The van der Waals surface area contributed by atoms with Gasteiger partial charge in [-0.25, -0.2) is 10.3 Å². The summed E-state index contributed by atoms with van der Waals surface area (Å²) < 4.78 is 11.4. The van der Waals surface area contributed by atoms with Gasteiger partial charge in [0.25, 0.3) is 0 Å². The third kappa shape index (κ3) is 9.82. The molecule has 0 radical (unpaired) electrons. The molecule has 1 rings (SSSR count). The minimum Gasteiger partial charge on any atom is -0.461 e. The predicted octanol–water partition coefficient (Wildman–Crippen LogP) is 3.13. The molecular formula is C23H40N2O6. The van der Waals surface area contributed by atoms with Crippen LogP contribution in [0.2, 0.25) is 0 Å². The number of allylic oxidation sites excluding steroid dienone is 1. The molecule has 3 N–H and O–H groups in total. The molecule has 8 nitrogen and oxygen atoms in total. The summed E-state index contributed by atoms with van der Waals surface area (Å²) in [6.07, 6.45) is 5.69. The Morgan fingerprint density at radius 1 is 1.13 bits per heavy atom. The second-order valence-corrected chi connectivity index (χ2v) is 9.67. The summed E-state index contributed by atoms with van der Waals surface area (Å²) in [4.78, 5) is 38.3. The van der Waals surface area contributed by atoms with Gasteiger partial charge < -0.3 is 14.8 Å². The van der Waals surface area contributed by atoms with Crippen LogP contribution in [-0.4, -0.2) is 47.3 Å². The lowest BCUT2D eigenvalue weighted by atomic mass is 9.82. The van der Waals surface area contributed by atoms with Crippen molar-refractivity contribution < 1.29 is 29.1 Å². The highest BCUT2D eigenvalue weighted by Gasteiger charge is 2.36. The van der Waals surface area contributed by atoms with Crippen molar-refractivity contribution in [3.8, 4) is 0 Å². The highest BCUT2D eigenvalue weighted by Crippen LogP contribution is 2.26. The number of hydroxylamine groups is 1. The van der Waals surface area contributed by atoms with Gasteiger partial charge in [0.1, 0.15) is 6.10 Å². The van der Waals surface area contributed by atoms with Gasteiger partial charge in [-0.2, -0.15) is 0 Å². The number of carbonyl (C=O) groups is 3. The Morgan fingerprint density at radius 2 is 1.74 bits per heavy atom. The quantitative estimate of drug-likeness (QED) is 0.186. The van der Waals surface area contributed by atoms with E-state index in [2.05, 4.69) is 11.9 Å². The van der Waals surface area contributed by atoms with Gasteiger partial charge in [-0.15, -0.1) is 6.58 Å². The third-order valence-corrected chi connectivity index (χ3v) is 5.28.